The van der Waals surface area contributed by atoms with Gasteiger partial charge in [0.2, 0.25) is 5.91 Å². The van der Waals surface area contributed by atoms with Gasteiger partial charge < -0.3 is 21.1 Å². The Hall–Kier alpha value is -2.42. The highest BCUT2D eigenvalue weighted by atomic mass is 19.2. The maximum atomic E-state index is 13.1. The number of aliphatic imine (C=N–C) groups is 1. The van der Waals surface area contributed by atoms with Gasteiger partial charge in [0.1, 0.15) is 12.4 Å². The molecule has 0 unspecified atom stereocenters. The van der Waals surface area contributed by atoms with Crippen LogP contribution in [0, 0.1) is 11.6 Å². The average molecular weight is 383 g/mol. The molecule has 0 aromatic heterocycles. The summed E-state index contributed by atoms with van der Waals surface area (Å²) in [6.45, 7) is 5.22. The molecule has 150 valence electrons. The van der Waals surface area contributed by atoms with Crippen molar-refractivity contribution >= 4 is 11.9 Å². The number of hydrogen-bond donors (Lipinski definition) is 3. The van der Waals surface area contributed by atoms with E-state index in [2.05, 4.69) is 15.6 Å². The van der Waals surface area contributed by atoms with Crippen LogP contribution in [0.3, 0.4) is 0 Å². The largest absolute Gasteiger partial charge is 0.492 e. The molecule has 0 spiro atoms. The summed E-state index contributed by atoms with van der Waals surface area (Å²) in [4.78, 5) is 17.5. The van der Waals surface area contributed by atoms with Crippen LogP contribution in [-0.4, -0.2) is 62.1 Å². The van der Waals surface area contributed by atoms with Crippen LogP contribution in [0.15, 0.2) is 23.2 Å². The molecule has 1 saturated heterocycles. The third kappa shape index (κ3) is 7.38. The Morgan fingerprint density at radius 3 is 2.70 bits per heavy atom. The summed E-state index contributed by atoms with van der Waals surface area (Å²) in [6.07, 6.45) is 1.78. The van der Waals surface area contributed by atoms with E-state index in [1.54, 1.807) is 0 Å². The Morgan fingerprint density at radius 2 is 2.07 bits per heavy atom. The number of piperidine rings is 1. The monoisotopic (exact) mass is 383 g/mol. The molecule has 2 rings (SSSR count). The number of rotatable bonds is 8. The second-order valence-corrected chi connectivity index (χ2v) is 6.35. The molecular formula is C18H27F2N5O2. The molecule has 4 N–H and O–H groups in total. The highest BCUT2D eigenvalue weighted by molar-refractivity contribution is 5.80. The number of halogens is 2. The normalized spacial score (nSPS) is 16.2. The van der Waals surface area contributed by atoms with Crippen molar-refractivity contribution in [2.75, 3.05) is 39.3 Å². The Labute approximate surface area is 158 Å². The van der Waals surface area contributed by atoms with E-state index in [1.807, 2.05) is 11.8 Å². The van der Waals surface area contributed by atoms with Gasteiger partial charge in [0.25, 0.3) is 0 Å². The zero-order chi connectivity index (χ0) is 19.6. The third-order valence-electron chi connectivity index (χ3n) is 4.17. The molecule has 0 aliphatic carbocycles. The Kier molecular flexibility index (Phi) is 8.25. The zero-order valence-electron chi connectivity index (χ0n) is 15.5. The summed E-state index contributed by atoms with van der Waals surface area (Å²) >= 11 is 0. The van der Waals surface area contributed by atoms with Crippen LogP contribution in [0.25, 0.3) is 0 Å². The van der Waals surface area contributed by atoms with Gasteiger partial charge in [-0.1, -0.05) is 0 Å². The lowest BCUT2D eigenvalue weighted by Crippen LogP contribution is -2.49. The van der Waals surface area contributed by atoms with Crippen molar-refractivity contribution in [3.05, 3.63) is 29.8 Å². The van der Waals surface area contributed by atoms with Crippen molar-refractivity contribution in [2.45, 2.75) is 25.8 Å². The fourth-order valence-corrected chi connectivity index (χ4v) is 2.86. The van der Waals surface area contributed by atoms with Crippen LogP contribution in [0.2, 0.25) is 0 Å². The lowest BCUT2D eigenvalue weighted by Gasteiger charge is -2.32. The first-order valence-electron chi connectivity index (χ1n) is 9.11. The molecule has 0 saturated carbocycles. The van der Waals surface area contributed by atoms with Crippen LogP contribution < -0.4 is 21.1 Å². The molecule has 0 atom stereocenters. The van der Waals surface area contributed by atoms with E-state index in [-0.39, 0.29) is 24.3 Å². The van der Waals surface area contributed by atoms with Gasteiger partial charge >= 0.3 is 0 Å². The summed E-state index contributed by atoms with van der Waals surface area (Å²) < 4.78 is 31.4. The molecule has 1 heterocycles. The van der Waals surface area contributed by atoms with Gasteiger partial charge in [0, 0.05) is 31.7 Å². The minimum Gasteiger partial charge on any atom is -0.492 e. The van der Waals surface area contributed by atoms with Crippen molar-refractivity contribution in [1.82, 2.24) is 15.5 Å². The van der Waals surface area contributed by atoms with Gasteiger partial charge in [-0.3, -0.25) is 9.69 Å². The van der Waals surface area contributed by atoms with Gasteiger partial charge in [-0.15, -0.1) is 0 Å². The number of guanidine groups is 1. The van der Waals surface area contributed by atoms with Crippen LogP contribution in [0.1, 0.15) is 19.8 Å². The fraction of sp³-hybridized carbons (Fsp3) is 0.556. The second-order valence-electron chi connectivity index (χ2n) is 6.35. The lowest BCUT2D eigenvalue weighted by atomic mass is 10.1. The minimum absolute atomic E-state index is 0.249. The summed E-state index contributed by atoms with van der Waals surface area (Å²) in [5.41, 5.74) is 5.23. The van der Waals surface area contributed by atoms with Crippen LogP contribution in [-0.2, 0) is 4.79 Å². The number of amides is 1. The van der Waals surface area contributed by atoms with Crippen molar-refractivity contribution < 1.29 is 18.3 Å². The smallest absolute Gasteiger partial charge is 0.231 e. The predicted molar refractivity (Wildman–Crippen MR) is 99.6 cm³/mol. The van der Waals surface area contributed by atoms with Crippen LogP contribution in [0.5, 0.6) is 5.75 Å². The van der Waals surface area contributed by atoms with Crippen molar-refractivity contribution in [2.24, 2.45) is 10.7 Å². The van der Waals surface area contributed by atoms with Crippen molar-refractivity contribution in [3.63, 3.8) is 0 Å². The van der Waals surface area contributed by atoms with Crippen LogP contribution in [0.4, 0.5) is 8.78 Å². The molecule has 1 aliphatic rings. The van der Waals surface area contributed by atoms with Crippen molar-refractivity contribution in [3.8, 4) is 5.75 Å². The first-order chi connectivity index (χ1) is 13.0. The number of carbonyl (C=O) groups excluding carboxylic acids is 1. The molecule has 7 nitrogen and oxygen atoms in total. The number of nitrogens with zero attached hydrogens (tertiary/aromatic N) is 2. The highest BCUT2D eigenvalue weighted by Crippen LogP contribution is 2.15. The summed E-state index contributed by atoms with van der Waals surface area (Å²) in [6, 6.07) is 3.69. The SMILES string of the molecule is CCNC(=NCCOc1ccc(F)c(F)c1)NC1CCN(CC(N)=O)CC1. The maximum absolute atomic E-state index is 13.1. The topological polar surface area (TPSA) is 92.0 Å². The van der Waals surface area contributed by atoms with Gasteiger partial charge in [-0.25, -0.2) is 13.8 Å². The first-order valence-corrected chi connectivity index (χ1v) is 9.11. The molecule has 1 fully saturated rings. The predicted octanol–water partition coefficient (Wildman–Crippen LogP) is 0.848. The van der Waals surface area contributed by atoms with E-state index in [1.165, 1.54) is 6.07 Å². The maximum Gasteiger partial charge on any atom is 0.231 e. The standard InChI is InChI=1S/C18H27F2N5O2/c1-2-22-18(24-13-5-8-25(9-6-13)12-17(21)26)23-7-10-27-14-3-4-15(19)16(20)11-14/h3-4,11,13H,2,5-10,12H2,1H3,(H2,21,26)(H2,22,23,24). The Morgan fingerprint density at radius 1 is 1.33 bits per heavy atom. The molecule has 1 aromatic rings. The van der Waals surface area contributed by atoms with E-state index in [0.717, 1.165) is 44.6 Å². The number of likely N-dealkylation sites (tertiary alicyclic amines) is 1. The summed E-state index contributed by atoms with van der Waals surface area (Å²) in [5, 5.41) is 6.55. The van der Waals surface area contributed by atoms with Gasteiger partial charge in [0.05, 0.1) is 13.1 Å². The Balaban J connectivity index is 1.76. The molecule has 0 radical (unpaired) electrons. The molecule has 0 bridgehead atoms. The summed E-state index contributed by atoms with van der Waals surface area (Å²) in [7, 11) is 0. The van der Waals surface area contributed by atoms with Gasteiger partial charge in [-0.05, 0) is 31.9 Å². The number of hydrogen-bond acceptors (Lipinski definition) is 4. The molecule has 1 amide bonds. The fourth-order valence-electron chi connectivity index (χ4n) is 2.86. The van der Waals surface area contributed by atoms with E-state index >= 15 is 0 Å². The number of nitrogens with one attached hydrogen (secondary N) is 2. The van der Waals surface area contributed by atoms with E-state index in [9.17, 15) is 13.6 Å². The molecular weight excluding hydrogens is 356 g/mol. The number of carbonyl (C=O) groups is 1. The van der Waals surface area contributed by atoms with E-state index in [4.69, 9.17) is 10.5 Å². The van der Waals surface area contributed by atoms with Gasteiger partial charge in [-0.2, -0.15) is 0 Å². The van der Waals surface area contributed by atoms with E-state index < -0.39 is 11.6 Å². The summed E-state index contributed by atoms with van der Waals surface area (Å²) in [5.74, 6) is -1.20. The highest BCUT2D eigenvalue weighted by Gasteiger charge is 2.20. The van der Waals surface area contributed by atoms with Crippen molar-refractivity contribution in [1.29, 1.82) is 0 Å². The van der Waals surface area contributed by atoms with Crippen LogP contribution >= 0.6 is 0 Å². The number of nitrogens with two attached hydrogens (primary N) is 1. The number of primary amides is 1. The first kappa shape index (κ1) is 20.9. The Bertz CT molecular complexity index is 649. The molecule has 9 heteroatoms. The molecule has 1 aliphatic heterocycles. The third-order valence-corrected chi connectivity index (χ3v) is 4.17. The lowest BCUT2D eigenvalue weighted by molar-refractivity contribution is -0.119. The number of benzene rings is 1. The second kappa shape index (κ2) is 10.7. The molecule has 1 aromatic carbocycles. The zero-order valence-corrected chi connectivity index (χ0v) is 15.5. The average Bonchev–Trinajstić information content (AvgIpc) is 2.63. The quantitative estimate of drug-likeness (QED) is 0.352. The van der Waals surface area contributed by atoms with Gasteiger partial charge in [0.15, 0.2) is 17.6 Å². The minimum atomic E-state index is -0.936. The van der Waals surface area contributed by atoms with E-state index in [0.29, 0.717) is 19.0 Å². The molecule has 27 heavy (non-hydrogen) atoms. The number of ether oxygens (including phenoxy) is 1.